The Morgan fingerprint density at radius 2 is 1.83 bits per heavy atom. The molecule has 24 heavy (non-hydrogen) atoms. The van der Waals surface area contributed by atoms with Crippen LogP contribution in [0, 0.1) is 6.92 Å². The van der Waals surface area contributed by atoms with E-state index in [1.807, 2.05) is 13.0 Å². The molecule has 6 nitrogen and oxygen atoms in total. The number of anilines is 1. The molecule has 8 heteroatoms. The van der Waals surface area contributed by atoms with E-state index >= 15 is 0 Å². The molecular formula is C16H15BrClN3O3. The van der Waals surface area contributed by atoms with Crippen LogP contribution in [0.3, 0.4) is 0 Å². The summed E-state index contributed by atoms with van der Waals surface area (Å²) >= 11 is 9.14. The van der Waals surface area contributed by atoms with E-state index in [1.54, 1.807) is 36.4 Å². The number of carbonyl (C=O) groups excluding carboxylic acids is 2. The summed E-state index contributed by atoms with van der Waals surface area (Å²) in [5, 5.41) is 3.11. The summed E-state index contributed by atoms with van der Waals surface area (Å²) in [6.07, 6.45) is 0. The topological polar surface area (TPSA) is 79.5 Å². The lowest BCUT2D eigenvalue weighted by molar-refractivity contribution is -0.123. The number of benzene rings is 2. The molecule has 0 radical (unpaired) electrons. The Labute approximate surface area is 152 Å². The highest BCUT2D eigenvalue weighted by molar-refractivity contribution is 9.10. The van der Waals surface area contributed by atoms with E-state index in [-0.39, 0.29) is 6.61 Å². The molecule has 0 aliphatic carbocycles. The Balaban J connectivity index is 1.73. The summed E-state index contributed by atoms with van der Waals surface area (Å²) in [6, 6.07) is 11.4. The Hall–Kier alpha value is -2.25. The van der Waals surface area contributed by atoms with Crippen molar-refractivity contribution in [2.45, 2.75) is 6.92 Å². The zero-order valence-electron chi connectivity index (χ0n) is 12.7. The summed E-state index contributed by atoms with van der Waals surface area (Å²) in [4.78, 5) is 23.3. The Bertz CT molecular complexity index is 738. The number of hydrogen-bond donors (Lipinski definition) is 3. The molecule has 2 aromatic carbocycles. The van der Waals surface area contributed by atoms with Crippen molar-refractivity contribution in [2.24, 2.45) is 0 Å². The molecule has 0 heterocycles. The molecule has 0 fully saturated rings. The third-order valence-electron chi connectivity index (χ3n) is 2.92. The Morgan fingerprint density at radius 3 is 2.50 bits per heavy atom. The summed E-state index contributed by atoms with van der Waals surface area (Å²) in [7, 11) is 0. The molecule has 0 saturated carbocycles. The summed E-state index contributed by atoms with van der Waals surface area (Å²) in [5.74, 6) is 0.0818. The van der Waals surface area contributed by atoms with Crippen LogP contribution < -0.4 is 20.9 Å². The van der Waals surface area contributed by atoms with Gasteiger partial charge in [-0.15, -0.1) is 0 Å². The van der Waals surface area contributed by atoms with Gasteiger partial charge in [0.2, 0.25) is 0 Å². The largest absolute Gasteiger partial charge is 0.484 e. The van der Waals surface area contributed by atoms with Crippen molar-refractivity contribution in [3.8, 4) is 5.75 Å². The molecular weight excluding hydrogens is 398 g/mol. The maximum atomic E-state index is 11.7. The van der Waals surface area contributed by atoms with Crippen LogP contribution in [0.4, 0.5) is 10.5 Å². The predicted octanol–water partition coefficient (Wildman–Crippen LogP) is 3.64. The Morgan fingerprint density at radius 1 is 1.12 bits per heavy atom. The fourth-order valence-electron chi connectivity index (χ4n) is 1.71. The van der Waals surface area contributed by atoms with Gasteiger partial charge in [-0.2, -0.15) is 0 Å². The second-order valence-electron chi connectivity index (χ2n) is 4.83. The quantitative estimate of drug-likeness (QED) is 0.671. The van der Waals surface area contributed by atoms with Crippen molar-refractivity contribution in [3.05, 3.63) is 57.5 Å². The van der Waals surface area contributed by atoms with E-state index in [9.17, 15) is 9.59 Å². The minimum absolute atomic E-state index is 0.220. The predicted molar refractivity (Wildman–Crippen MR) is 96.1 cm³/mol. The lowest BCUT2D eigenvalue weighted by atomic mass is 10.2. The molecule has 2 aromatic rings. The highest BCUT2D eigenvalue weighted by Gasteiger charge is 2.06. The number of rotatable bonds is 4. The number of amides is 3. The molecule has 0 bridgehead atoms. The van der Waals surface area contributed by atoms with Gasteiger partial charge in [0, 0.05) is 15.2 Å². The van der Waals surface area contributed by atoms with Crippen molar-refractivity contribution < 1.29 is 14.3 Å². The summed E-state index contributed by atoms with van der Waals surface area (Å²) < 4.78 is 6.31. The van der Waals surface area contributed by atoms with Crippen LogP contribution in [0.25, 0.3) is 0 Å². The van der Waals surface area contributed by atoms with Gasteiger partial charge in [-0.3, -0.25) is 10.2 Å². The van der Waals surface area contributed by atoms with Crippen LogP contribution in [-0.2, 0) is 4.79 Å². The number of carbonyl (C=O) groups is 2. The van der Waals surface area contributed by atoms with Crippen LogP contribution in [-0.4, -0.2) is 18.5 Å². The summed E-state index contributed by atoms with van der Waals surface area (Å²) in [5.41, 5.74) is 6.02. The van der Waals surface area contributed by atoms with E-state index in [0.717, 1.165) is 10.0 Å². The highest BCUT2D eigenvalue weighted by atomic mass is 79.9. The van der Waals surface area contributed by atoms with Gasteiger partial charge < -0.3 is 10.1 Å². The van der Waals surface area contributed by atoms with Gasteiger partial charge in [-0.05, 0) is 55.0 Å². The number of hydrazine groups is 1. The normalized spacial score (nSPS) is 9.96. The molecule has 0 atom stereocenters. The minimum Gasteiger partial charge on any atom is -0.484 e. The first-order valence-corrected chi connectivity index (χ1v) is 8.11. The second kappa shape index (κ2) is 8.56. The van der Waals surface area contributed by atoms with E-state index in [0.29, 0.717) is 16.5 Å². The van der Waals surface area contributed by atoms with Gasteiger partial charge >= 0.3 is 6.03 Å². The first-order valence-electron chi connectivity index (χ1n) is 6.94. The molecule has 3 amide bonds. The third-order valence-corrected chi connectivity index (χ3v) is 4.06. The zero-order chi connectivity index (χ0) is 17.5. The number of aryl methyl sites for hydroxylation is 1. The first-order chi connectivity index (χ1) is 11.4. The maximum absolute atomic E-state index is 11.7. The molecule has 126 valence electrons. The standard InChI is InChI=1S/C16H15BrClN3O3/c1-10-8-13(6-7-14(10)17)24-9-15(22)20-21-16(23)19-12-4-2-11(18)3-5-12/h2-8H,9H2,1H3,(H,20,22)(H2,19,21,23). The van der Waals surface area contributed by atoms with Gasteiger partial charge in [0.15, 0.2) is 6.61 Å². The van der Waals surface area contributed by atoms with Crippen LogP contribution >= 0.6 is 27.5 Å². The molecule has 0 aliphatic heterocycles. The third kappa shape index (κ3) is 5.75. The number of ether oxygens (including phenoxy) is 1. The lowest BCUT2D eigenvalue weighted by Gasteiger charge is -2.10. The number of nitrogens with one attached hydrogen (secondary N) is 3. The molecule has 0 aromatic heterocycles. The Kier molecular flexibility index (Phi) is 6.45. The van der Waals surface area contributed by atoms with E-state index in [4.69, 9.17) is 16.3 Å². The lowest BCUT2D eigenvalue weighted by Crippen LogP contribution is -2.45. The smallest absolute Gasteiger partial charge is 0.337 e. The monoisotopic (exact) mass is 411 g/mol. The van der Waals surface area contributed by atoms with E-state index < -0.39 is 11.9 Å². The second-order valence-corrected chi connectivity index (χ2v) is 6.12. The molecule has 3 N–H and O–H groups in total. The minimum atomic E-state index is -0.579. The molecule has 0 aliphatic rings. The highest BCUT2D eigenvalue weighted by Crippen LogP contribution is 2.21. The van der Waals surface area contributed by atoms with Crippen molar-refractivity contribution in [1.82, 2.24) is 10.9 Å². The van der Waals surface area contributed by atoms with Crippen LogP contribution in [0.1, 0.15) is 5.56 Å². The fourth-order valence-corrected chi connectivity index (χ4v) is 2.09. The molecule has 0 unspecified atom stereocenters. The number of hydrogen-bond acceptors (Lipinski definition) is 3. The summed E-state index contributed by atoms with van der Waals surface area (Å²) in [6.45, 7) is 1.70. The zero-order valence-corrected chi connectivity index (χ0v) is 15.1. The van der Waals surface area contributed by atoms with E-state index in [1.165, 1.54) is 0 Å². The SMILES string of the molecule is Cc1cc(OCC(=O)NNC(=O)Nc2ccc(Cl)cc2)ccc1Br. The fraction of sp³-hybridized carbons (Fsp3) is 0.125. The van der Waals surface area contributed by atoms with Crippen molar-refractivity contribution >= 4 is 45.2 Å². The van der Waals surface area contributed by atoms with E-state index in [2.05, 4.69) is 32.1 Å². The van der Waals surface area contributed by atoms with Crippen molar-refractivity contribution in [1.29, 1.82) is 0 Å². The number of halogens is 2. The maximum Gasteiger partial charge on any atom is 0.337 e. The van der Waals surface area contributed by atoms with Crippen LogP contribution in [0.5, 0.6) is 5.75 Å². The first kappa shape index (κ1) is 18.1. The molecule has 2 rings (SSSR count). The van der Waals surface area contributed by atoms with Crippen molar-refractivity contribution in [2.75, 3.05) is 11.9 Å². The average molecular weight is 413 g/mol. The van der Waals surface area contributed by atoms with Gasteiger partial charge in [-0.25, -0.2) is 10.2 Å². The van der Waals surface area contributed by atoms with Crippen molar-refractivity contribution in [3.63, 3.8) is 0 Å². The van der Waals surface area contributed by atoms with Crippen LogP contribution in [0.15, 0.2) is 46.9 Å². The average Bonchev–Trinajstić information content (AvgIpc) is 2.56. The van der Waals surface area contributed by atoms with Gasteiger partial charge in [0.25, 0.3) is 5.91 Å². The molecule has 0 spiro atoms. The number of urea groups is 1. The van der Waals surface area contributed by atoms with Gasteiger partial charge in [-0.1, -0.05) is 27.5 Å². The van der Waals surface area contributed by atoms with Crippen LogP contribution in [0.2, 0.25) is 5.02 Å². The van der Waals surface area contributed by atoms with Gasteiger partial charge in [0.1, 0.15) is 5.75 Å². The molecule has 0 saturated heterocycles. The van der Waals surface area contributed by atoms with Gasteiger partial charge in [0.05, 0.1) is 0 Å².